The summed E-state index contributed by atoms with van der Waals surface area (Å²) in [5.41, 5.74) is 13.9. The Morgan fingerprint density at radius 1 is 0.892 bits per heavy atom. The molecule has 1 saturated heterocycles. The number of likely N-dealkylation sites (tertiary alicyclic amines) is 1. The van der Waals surface area contributed by atoms with Gasteiger partial charge in [0.05, 0.1) is 6.61 Å². The second kappa shape index (κ2) is 12.9. The smallest absolute Gasteiger partial charge is 0.314 e. The van der Waals surface area contributed by atoms with Crippen molar-refractivity contribution in [3.05, 3.63) is 102 Å². The summed E-state index contributed by atoms with van der Waals surface area (Å²) in [5.74, 6) is 0.403. The molecule has 1 aliphatic heterocycles. The minimum atomic E-state index is -0.466. The van der Waals surface area contributed by atoms with Crippen LogP contribution in [0.1, 0.15) is 46.7 Å². The summed E-state index contributed by atoms with van der Waals surface area (Å²) in [6, 6.07) is 28.2. The van der Waals surface area contributed by atoms with Crippen LogP contribution in [0.3, 0.4) is 0 Å². The van der Waals surface area contributed by atoms with Gasteiger partial charge in [-0.25, -0.2) is 4.79 Å². The predicted octanol–water partition coefficient (Wildman–Crippen LogP) is 4.23. The molecular formula is C30H36N4O3. The van der Waals surface area contributed by atoms with Gasteiger partial charge in [-0.15, -0.1) is 0 Å². The number of rotatable bonds is 11. The monoisotopic (exact) mass is 500 g/mol. The Hall–Kier alpha value is -3.84. The number of hydrogen-bond acceptors (Lipinski definition) is 4. The fourth-order valence-electron chi connectivity index (χ4n) is 5.08. The SMILES string of the molecule is NC(=O)c1cccc(OCCCN(CC(c2ccccc2)c2ccccc2)C2CCN(C(N)=O)CC2)c1. The van der Waals surface area contributed by atoms with Crippen LogP contribution in [0.15, 0.2) is 84.9 Å². The zero-order valence-corrected chi connectivity index (χ0v) is 21.2. The van der Waals surface area contributed by atoms with Crippen LogP contribution in [0, 0.1) is 0 Å². The molecule has 1 heterocycles. The van der Waals surface area contributed by atoms with Gasteiger partial charge in [-0.1, -0.05) is 66.7 Å². The number of nitrogens with two attached hydrogens (primary N) is 2. The Kier molecular flexibility index (Phi) is 9.16. The van der Waals surface area contributed by atoms with E-state index in [0.717, 1.165) is 32.4 Å². The highest BCUT2D eigenvalue weighted by atomic mass is 16.5. The summed E-state index contributed by atoms with van der Waals surface area (Å²) in [6.07, 6.45) is 2.61. The standard InChI is InChI=1S/C30H36N4O3/c31-29(35)25-13-7-14-27(21-25)37-20-8-17-34(26-15-18-33(19-16-26)30(32)36)22-28(23-9-3-1-4-10-23)24-11-5-2-6-12-24/h1-7,9-14,21,26,28H,8,15-20,22H2,(H2,31,35)(H2,32,36). The maximum Gasteiger partial charge on any atom is 0.314 e. The highest BCUT2D eigenvalue weighted by Gasteiger charge is 2.28. The minimum absolute atomic E-state index is 0.227. The first-order valence-corrected chi connectivity index (χ1v) is 12.9. The van der Waals surface area contributed by atoms with Crippen LogP contribution >= 0.6 is 0 Å². The van der Waals surface area contributed by atoms with Gasteiger partial charge in [-0.3, -0.25) is 9.69 Å². The Labute approximate surface area is 219 Å². The Balaban J connectivity index is 1.47. The summed E-state index contributed by atoms with van der Waals surface area (Å²) in [7, 11) is 0. The van der Waals surface area contributed by atoms with Crippen LogP contribution in [0.25, 0.3) is 0 Å². The molecule has 0 aromatic heterocycles. The molecule has 0 radical (unpaired) electrons. The van der Waals surface area contributed by atoms with Crippen molar-refractivity contribution in [2.24, 2.45) is 11.5 Å². The first-order valence-electron chi connectivity index (χ1n) is 12.9. The third-order valence-corrected chi connectivity index (χ3v) is 7.09. The number of amides is 3. The Morgan fingerprint density at radius 2 is 1.51 bits per heavy atom. The third-order valence-electron chi connectivity index (χ3n) is 7.09. The van der Waals surface area contributed by atoms with E-state index in [4.69, 9.17) is 16.2 Å². The molecule has 1 fully saturated rings. The van der Waals surface area contributed by atoms with Gasteiger partial charge < -0.3 is 21.1 Å². The quantitative estimate of drug-likeness (QED) is 0.385. The van der Waals surface area contributed by atoms with Gasteiger partial charge in [0.25, 0.3) is 0 Å². The number of piperidine rings is 1. The van der Waals surface area contributed by atoms with Crippen LogP contribution in [-0.2, 0) is 0 Å². The molecule has 0 atom stereocenters. The summed E-state index contributed by atoms with van der Waals surface area (Å²) in [6.45, 7) is 3.60. The number of primary amides is 2. The lowest BCUT2D eigenvalue weighted by Gasteiger charge is -2.39. The zero-order chi connectivity index (χ0) is 26.0. The molecule has 0 unspecified atom stereocenters. The highest BCUT2D eigenvalue weighted by Crippen LogP contribution is 2.28. The molecule has 7 heteroatoms. The molecule has 4 N–H and O–H groups in total. The van der Waals surface area contributed by atoms with Gasteiger partial charge in [0.2, 0.25) is 5.91 Å². The average molecular weight is 501 g/mol. The molecule has 0 saturated carbocycles. The second-order valence-corrected chi connectivity index (χ2v) is 9.52. The molecule has 3 amide bonds. The van der Waals surface area contributed by atoms with Crippen molar-refractivity contribution in [3.63, 3.8) is 0 Å². The first kappa shape index (κ1) is 26.2. The van der Waals surface area contributed by atoms with Gasteiger partial charge in [-0.2, -0.15) is 0 Å². The van der Waals surface area contributed by atoms with E-state index >= 15 is 0 Å². The molecule has 7 nitrogen and oxygen atoms in total. The highest BCUT2D eigenvalue weighted by molar-refractivity contribution is 5.93. The van der Waals surface area contributed by atoms with E-state index in [1.165, 1.54) is 11.1 Å². The molecule has 3 aromatic carbocycles. The normalized spacial score (nSPS) is 14.2. The van der Waals surface area contributed by atoms with E-state index in [1.54, 1.807) is 23.1 Å². The van der Waals surface area contributed by atoms with Crippen molar-refractivity contribution in [2.45, 2.75) is 31.2 Å². The molecule has 194 valence electrons. The number of ether oxygens (including phenoxy) is 1. The van der Waals surface area contributed by atoms with Gasteiger partial charge in [0.1, 0.15) is 5.75 Å². The van der Waals surface area contributed by atoms with E-state index in [1.807, 2.05) is 18.2 Å². The maximum absolute atomic E-state index is 11.7. The lowest BCUT2D eigenvalue weighted by atomic mass is 9.89. The summed E-state index contributed by atoms with van der Waals surface area (Å²) >= 11 is 0. The largest absolute Gasteiger partial charge is 0.494 e. The number of hydrogen-bond donors (Lipinski definition) is 2. The lowest BCUT2D eigenvalue weighted by molar-refractivity contribution is 0.0999. The average Bonchev–Trinajstić information content (AvgIpc) is 2.94. The van der Waals surface area contributed by atoms with Crippen LogP contribution in [0.4, 0.5) is 4.79 Å². The molecule has 3 aromatic rings. The Bertz CT molecular complexity index is 1110. The molecular weight excluding hydrogens is 464 g/mol. The van der Waals surface area contributed by atoms with Gasteiger partial charge in [-0.05, 0) is 48.6 Å². The lowest BCUT2D eigenvalue weighted by Crippen LogP contribution is -2.49. The van der Waals surface area contributed by atoms with Crippen LogP contribution in [-0.4, -0.2) is 60.6 Å². The van der Waals surface area contributed by atoms with Crippen LogP contribution < -0.4 is 16.2 Å². The summed E-state index contributed by atoms with van der Waals surface area (Å²) in [4.78, 5) is 27.4. The zero-order valence-electron chi connectivity index (χ0n) is 21.2. The number of benzene rings is 3. The van der Waals surface area contributed by atoms with Crippen molar-refractivity contribution in [2.75, 3.05) is 32.8 Å². The number of carbonyl (C=O) groups is 2. The van der Waals surface area contributed by atoms with Gasteiger partial charge in [0, 0.05) is 43.7 Å². The molecule has 1 aliphatic rings. The fraction of sp³-hybridized carbons (Fsp3) is 0.333. The molecule has 0 aliphatic carbocycles. The first-order chi connectivity index (χ1) is 18.0. The predicted molar refractivity (Wildman–Crippen MR) is 146 cm³/mol. The van der Waals surface area contributed by atoms with Crippen LogP contribution in [0.5, 0.6) is 5.75 Å². The van der Waals surface area contributed by atoms with Crippen molar-refractivity contribution in [1.29, 1.82) is 0 Å². The topological polar surface area (TPSA) is 102 Å². The number of urea groups is 1. The number of carbonyl (C=O) groups excluding carboxylic acids is 2. The summed E-state index contributed by atoms with van der Waals surface area (Å²) < 4.78 is 5.95. The summed E-state index contributed by atoms with van der Waals surface area (Å²) in [5, 5.41) is 0. The molecule has 37 heavy (non-hydrogen) atoms. The second-order valence-electron chi connectivity index (χ2n) is 9.52. The van der Waals surface area contributed by atoms with E-state index in [2.05, 4.69) is 53.4 Å². The van der Waals surface area contributed by atoms with Crippen LogP contribution in [0.2, 0.25) is 0 Å². The van der Waals surface area contributed by atoms with E-state index in [-0.39, 0.29) is 11.9 Å². The molecule has 4 rings (SSSR count). The van der Waals surface area contributed by atoms with Gasteiger partial charge >= 0.3 is 6.03 Å². The van der Waals surface area contributed by atoms with Crippen molar-refractivity contribution < 1.29 is 14.3 Å². The van der Waals surface area contributed by atoms with E-state index in [0.29, 0.717) is 37.1 Å². The fourth-order valence-corrected chi connectivity index (χ4v) is 5.08. The van der Waals surface area contributed by atoms with E-state index < -0.39 is 5.91 Å². The van der Waals surface area contributed by atoms with Crippen molar-refractivity contribution >= 4 is 11.9 Å². The minimum Gasteiger partial charge on any atom is -0.494 e. The van der Waals surface area contributed by atoms with Gasteiger partial charge in [0.15, 0.2) is 0 Å². The maximum atomic E-state index is 11.7. The molecule has 0 bridgehead atoms. The van der Waals surface area contributed by atoms with Crippen molar-refractivity contribution in [1.82, 2.24) is 9.80 Å². The number of nitrogens with zero attached hydrogens (tertiary/aromatic N) is 2. The third kappa shape index (κ3) is 7.33. The Morgan fingerprint density at radius 3 is 2.08 bits per heavy atom. The van der Waals surface area contributed by atoms with Crippen molar-refractivity contribution in [3.8, 4) is 5.75 Å². The van der Waals surface area contributed by atoms with E-state index in [9.17, 15) is 9.59 Å². The molecule has 0 spiro atoms.